The van der Waals surface area contributed by atoms with Gasteiger partial charge in [-0.05, 0) is 18.7 Å². The Kier molecular flexibility index (Phi) is 3.81. The van der Waals surface area contributed by atoms with Crippen LogP contribution in [0.15, 0.2) is 24.3 Å². The van der Waals surface area contributed by atoms with Gasteiger partial charge in [-0.3, -0.25) is 0 Å². The van der Waals surface area contributed by atoms with Gasteiger partial charge < -0.3 is 14.8 Å². The first-order chi connectivity index (χ1) is 8.59. The number of hydrogen-bond donors (Lipinski definition) is 1. The molecule has 0 aliphatic heterocycles. The molecule has 3 heteroatoms. The minimum Gasteiger partial charge on any atom is -0.493 e. The van der Waals surface area contributed by atoms with E-state index in [-0.39, 0.29) is 11.5 Å². The Morgan fingerprint density at radius 1 is 1.28 bits per heavy atom. The van der Waals surface area contributed by atoms with E-state index >= 15 is 0 Å². The van der Waals surface area contributed by atoms with Crippen molar-refractivity contribution in [3.8, 4) is 11.5 Å². The summed E-state index contributed by atoms with van der Waals surface area (Å²) in [4.78, 5) is 0. The van der Waals surface area contributed by atoms with Crippen molar-refractivity contribution in [1.82, 2.24) is 5.32 Å². The molecule has 0 heterocycles. The number of hydrogen-bond acceptors (Lipinski definition) is 3. The predicted octanol–water partition coefficient (Wildman–Crippen LogP) is 2.85. The maximum atomic E-state index is 6.10. The Hall–Kier alpha value is -1.22. The quantitative estimate of drug-likeness (QED) is 0.870. The Bertz CT molecular complexity index is 403. The highest BCUT2D eigenvalue weighted by Gasteiger charge is 2.49. The largest absolute Gasteiger partial charge is 0.493 e. The zero-order chi connectivity index (χ0) is 13.2. The Morgan fingerprint density at radius 3 is 2.50 bits per heavy atom. The monoisotopic (exact) mass is 249 g/mol. The molecule has 2 unspecified atom stereocenters. The molecule has 0 aromatic heterocycles. The van der Waals surface area contributed by atoms with E-state index in [1.165, 1.54) is 0 Å². The second-order valence-corrected chi connectivity index (χ2v) is 5.42. The summed E-state index contributed by atoms with van der Waals surface area (Å²) in [5.41, 5.74) is 0.164. The van der Waals surface area contributed by atoms with E-state index in [1.54, 1.807) is 7.11 Å². The average Bonchev–Trinajstić information content (AvgIpc) is 2.38. The van der Waals surface area contributed by atoms with Crippen LogP contribution in [-0.4, -0.2) is 25.8 Å². The van der Waals surface area contributed by atoms with Crippen LogP contribution in [0, 0.1) is 5.41 Å². The average molecular weight is 249 g/mol. The predicted molar refractivity (Wildman–Crippen MR) is 73.3 cm³/mol. The van der Waals surface area contributed by atoms with Crippen molar-refractivity contribution in [3.63, 3.8) is 0 Å². The molecule has 1 aromatic rings. The molecule has 0 bridgehead atoms. The van der Waals surface area contributed by atoms with Crippen LogP contribution in [-0.2, 0) is 0 Å². The fourth-order valence-corrected chi connectivity index (χ4v) is 2.55. The van der Waals surface area contributed by atoms with Crippen molar-refractivity contribution >= 4 is 0 Å². The van der Waals surface area contributed by atoms with Crippen LogP contribution in [0.5, 0.6) is 11.5 Å². The summed E-state index contributed by atoms with van der Waals surface area (Å²) in [6.07, 6.45) is 1.30. The molecule has 3 nitrogen and oxygen atoms in total. The van der Waals surface area contributed by atoms with Crippen LogP contribution in [0.2, 0.25) is 0 Å². The molecule has 1 fully saturated rings. The molecule has 0 amide bonds. The fraction of sp³-hybridized carbons (Fsp3) is 0.600. The second-order valence-electron chi connectivity index (χ2n) is 5.42. The van der Waals surface area contributed by atoms with Gasteiger partial charge in [0.15, 0.2) is 11.5 Å². The highest BCUT2D eigenvalue weighted by atomic mass is 16.5. The summed E-state index contributed by atoms with van der Waals surface area (Å²) in [6, 6.07) is 8.38. The van der Waals surface area contributed by atoms with Gasteiger partial charge in [-0.1, -0.05) is 32.9 Å². The van der Waals surface area contributed by atoms with Gasteiger partial charge in [0, 0.05) is 17.9 Å². The number of methoxy groups -OCH3 is 1. The van der Waals surface area contributed by atoms with Gasteiger partial charge in [0.05, 0.1) is 7.11 Å². The lowest BCUT2D eigenvalue weighted by Crippen LogP contribution is -2.62. The lowest BCUT2D eigenvalue weighted by molar-refractivity contribution is -0.0551. The SMILES string of the molecule is CCNC1CC(Oc2ccccc2OC)C1(C)C. The van der Waals surface area contributed by atoms with Crippen LogP contribution < -0.4 is 14.8 Å². The number of para-hydroxylation sites is 2. The highest BCUT2D eigenvalue weighted by molar-refractivity contribution is 5.39. The summed E-state index contributed by atoms with van der Waals surface area (Å²) >= 11 is 0. The van der Waals surface area contributed by atoms with Crippen molar-refractivity contribution in [2.45, 2.75) is 39.3 Å². The second kappa shape index (κ2) is 5.19. The van der Waals surface area contributed by atoms with Gasteiger partial charge in [0.25, 0.3) is 0 Å². The van der Waals surface area contributed by atoms with E-state index in [4.69, 9.17) is 9.47 Å². The van der Waals surface area contributed by atoms with Crippen LogP contribution in [0.1, 0.15) is 27.2 Å². The summed E-state index contributed by atoms with van der Waals surface area (Å²) in [5.74, 6) is 1.65. The third-order valence-corrected chi connectivity index (χ3v) is 3.97. The molecule has 2 rings (SSSR count). The van der Waals surface area contributed by atoms with Crippen molar-refractivity contribution in [2.75, 3.05) is 13.7 Å². The van der Waals surface area contributed by atoms with E-state index in [0.717, 1.165) is 24.5 Å². The smallest absolute Gasteiger partial charge is 0.161 e. The maximum absolute atomic E-state index is 6.10. The third kappa shape index (κ3) is 2.32. The van der Waals surface area contributed by atoms with Gasteiger partial charge in [0.2, 0.25) is 0 Å². The molecule has 1 aromatic carbocycles. The molecular formula is C15H23NO2. The number of ether oxygens (including phenoxy) is 2. The van der Waals surface area contributed by atoms with Crippen molar-refractivity contribution in [3.05, 3.63) is 24.3 Å². The third-order valence-electron chi connectivity index (χ3n) is 3.97. The van der Waals surface area contributed by atoms with Crippen LogP contribution in [0.25, 0.3) is 0 Å². The molecule has 18 heavy (non-hydrogen) atoms. The van der Waals surface area contributed by atoms with Crippen LogP contribution in [0.3, 0.4) is 0 Å². The van der Waals surface area contributed by atoms with Gasteiger partial charge in [0.1, 0.15) is 6.10 Å². The zero-order valence-electron chi connectivity index (χ0n) is 11.7. The Labute approximate surface area is 109 Å². The lowest BCUT2D eigenvalue weighted by atomic mass is 9.64. The molecule has 0 saturated heterocycles. The van der Waals surface area contributed by atoms with Crippen LogP contribution in [0.4, 0.5) is 0 Å². The van der Waals surface area contributed by atoms with Gasteiger partial charge in [-0.15, -0.1) is 0 Å². The molecule has 0 spiro atoms. The highest BCUT2D eigenvalue weighted by Crippen LogP contribution is 2.44. The van der Waals surface area contributed by atoms with E-state index in [2.05, 4.69) is 26.1 Å². The molecule has 0 radical (unpaired) electrons. The molecular weight excluding hydrogens is 226 g/mol. The first kappa shape index (κ1) is 13.2. The first-order valence-corrected chi connectivity index (χ1v) is 6.62. The number of benzene rings is 1. The molecule has 1 saturated carbocycles. The first-order valence-electron chi connectivity index (χ1n) is 6.62. The van der Waals surface area contributed by atoms with E-state index in [0.29, 0.717) is 6.04 Å². The van der Waals surface area contributed by atoms with Crippen molar-refractivity contribution in [1.29, 1.82) is 0 Å². The topological polar surface area (TPSA) is 30.5 Å². The molecule has 1 aliphatic rings. The van der Waals surface area contributed by atoms with Gasteiger partial charge in [-0.2, -0.15) is 0 Å². The van der Waals surface area contributed by atoms with Gasteiger partial charge >= 0.3 is 0 Å². The fourth-order valence-electron chi connectivity index (χ4n) is 2.55. The van der Waals surface area contributed by atoms with E-state index in [1.807, 2.05) is 24.3 Å². The van der Waals surface area contributed by atoms with Gasteiger partial charge in [-0.25, -0.2) is 0 Å². The lowest BCUT2D eigenvalue weighted by Gasteiger charge is -2.51. The Balaban J connectivity index is 2.03. The van der Waals surface area contributed by atoms with E-state index in [9.17, 15) is 0 Å². The number of rotatable bonds is 5. The summed E-state index contributed by atoms with van der Waals surface area (Å²) in [7, 11) is 1.68. The van der Waals surface area contributed by atoms with Crippen LogP contribution >= 0.6 is 0 Å². The molecule has 1 N–H and O–H groups in total. The molecule has 1 aliphatic carbocycles. The Morgan fingerprint density at radius 2 is 1.94 bits per heavy atom. The number of nitrogens with one attached hydrogen (secondary N) is 1. The van der Waals surface area contributed by atoms with E-state index < -0.39 is 0 Å². The van der Waals surface area contributed by atoms with Crippen molar-refractivity contribution in [2.24, 2.45) is 5.41 Å². The molecule has 100 valence electrons. The summed E-state index contributed by atoms with van der Waals surface area (Å²) < 4.78 is 11.4. The summed E-state index contributed by atoms with van der Waals surface area (Å²) in [5, 5.41) is 3.51. The van der Waals surface area contributed by atoms with Crippen molar-refractivity contribution < 1.29 is 9.47 Å². The zero-order valence-corrected chi connectivity index (χ0v) is 11.7. The maximum Gasteiger partial charge on any atom is 0.161 e. The minimum atomic E-state index is 0.164. The normalized spacial score (nSPS) is 25.3. The standard InChI is InChI=1S/C15H23NO2/c1-5-16-13-10-14(15(13,2)3)18-12-9-7-6-8-11(12)17-4/h6-9,13-14,16H,5,10H2,1-4H3. The summed E-state index contributed by atoms with van der Waals surface area (Å²) in [6.45, 7) is 7.66. The molecule has 2 atom stereocenters. The minimum absolute atomic E-state index is 0.164.